The van der Waals surface area contributed by atoms with Crippen LogP contribution in [0.4, 0.5) is 0 Å². The van der Waals surface area contributed by atoms with Gasteiger partial charge in [-0.15, -0.1) is 0 Å². The van der Waals surface area contributed by atoms with Gasteiger partial charge >= 0.3 is 5.97 Å². The quantitative estimate of drug-likeness (QED) is 0.0266. The molecule has 2 aromatic heterocycles. The molecule has 0 unspecified atom stereocenters. The highest BCUT2D eigenvalue weighted by Crippen LogP contribution is 2.35. The molecular formula is C54H80N18O11. The summed E-state index contributed by atoms with van der Waals surface area (Å²) < 4.78 is 1.57. The summed E-state index contributed by atoms with van der Waals surface area (Å²) in [5, 5.41) is 35.2. The number of aliphatic carboxylic acids is 1. The molecule has 83 heavy (non-hydrogen) atoms. The normalized spacial score (nSPS) is 23.6. The number of aromatic amines is 1. The number of aromatic nitrogens is 3. The first-order valence-electron chi connectivity index (χ1n) is 28.0. The molecule has 4 aliphatic heterocycles. The van der Waals surface area contributed by atoms with E-state index in [1.165, 1.54) is 6.33 Å². The molecule has 0 radical (unpaired) electrons. The lowest BCUT2D eigenvalue weighted by Gasteiger charge is -2.33. The Balaban J connectivity index is 1.56. The van der Waals surface area contributed by atoms with Gasteiger partial charge in [-0.2, -0.15) is 0 Å². The van der Waals surface area contributed by atoms with E-state index in [0.29, 0.717) is 34.3 Å². The summed E-state index contributed by atoms with van der Waals surface area (Å²) in [4.78, 5) is 156. The van der Waals surface area contributed by atoms with Crippen LogP contribution in [0.2, 0.25) is 0 Å². The number of rotatable bonds is 18. The summed E-state index contributed by atoms with van der Waals surface area (Å²) in [6.45, 7) is 10.4. The average molecular weight is 1160 g/mol. The van der Waals surface area contributed by atoms with Crippen molar-refractivity contribution in [1.29, 1.82) is 0 Å². The van der Waals surface area contributed by atoms with Gasteiger partial charge in [-0.1, -0.05) is 60.1 Å². The molecule has 4 aliphatic rings. The SMILES string of the molecule is CC[C@H](C)[C@@H]1NC(=O)[C@H](CC(C)C)NC(=O)[C@@H](NC(=O)[C@@H]2CCC(=O)N2)[C@H](C(C)C)c2ccc3c4c([nH]c3c2)-n2cnc(c2)C[C@@H](C(=O)N[C@@H](CCCN=C(N)N)C(=O)O)NC(=O)CNC(=O)[C@H](CCCN=C(N)N)NC(=O)[C@H](C4)NC1=O. The molecular weight excluding hydrogens is 1080 g/mol. The van der Waals surface area contributed by atoms with Crippen molar-refractivity contribution < 1.29 is 53.1 Å². The zero-order chi connectivity index (χ0) is 60.8. The number of imidazole rings is 1. The third kappa shape index (κ3) is 17.1. The second-order valence-corrected chi connectivity index (χ2v) is 22.2. The minimum Gasteiger partial charge on any atom is -0.480 e. The zero-order valence-electron chi connectivity index (χ0n) is 47.6. The molecule has 19 N–H and O–H groups in total. The fourth-order valence-corrected chi connectivity index (χ4v) is 10.5. The molecule has 452 valence electrons. The van der Waals surface area contributed by atoms with Crippen molar-refractivity contribution in [3.05, 3.63) is 47.5 Å². The van der Waals surface area contributed by atoms with Crippen molar-refractivity contribution in [3.8, 4) is 5.82 Å². The fourth-order valence-electron chi connectivity index (χ4n) is 10.5. The molecule has 0 saturated carbocycles. The van der Waals surface area contributed by atoms with Crippen molar-refractivity contribution in [3.63, 3.8) is 0 Å². The van der Waals surface area contributed by atoms with Crippen LogP contribution in [-0.4, -0.2) is 159 Å². The first-order chi connectivity index (χ1) is 39.3. The molecule has 7 bridgehead atoms. The van der Waals surface area contributed by atoms with Crippen molar-refractivity contribution >= 4 is 82.0 Å². The molecule has 10 atom stereocenters. The van der Waals surface area contributed by atoms with E-state index in [1.807, 2.05) is 34.6 Å². The number of nitrogens with one attached hydrogen (secondary N) is 10. The third-order valence-corrected chi connectivity index (χ3v) is 15.0. The van der Waals surface area contributed by atoms with Crippen LogP contribution in [0.1, 0.15) is 116 Å². The Labute approximate surface area is 479 Å². The fraction of sp³-hybridized carbons (Fsp3) is 0.574. The van der Waals surface area contributed by atoms with Crippen LogP contribution in [0.15, 0.2) is 40.7 Å². The van der Waals surface area contributed by atoms with E-state index >= 15 is 4.79 Å². The highest BCUT2D eigenvalue weighted by Gasteiger charge is 2.41. The minimum absolute atomic E-state index is 0.0382. The maximum absolute atomic E-state index is 15.1. The Morgan fingerprint density at radius 3 is 2.11 bits per heavy atom. The van der Waals surface area contributed by atoms with Crippen LogP contribution in [0.5, 0.6) is 0 Å². The van der Waals surface area contributed by atoms with Crippen LogP contribution < -0.4 is 70.8 Å². The number of benzene rings is 1. The number of carboxylic acids is 1. The molecule has 29 nitrogen and oxygen atoms in total. The Morgan fingerprint density at radius 1 is 0.783 bits per heavy atom. The van der Waals surface area contributed by atoms with E-state index in [2.05, 4.69) is 67.8 Å². The summed E-state index contributed by atoms with van der Waals surface area (Å²) >= 11 is 0. The Morgan fingerprint density at radius 2 is 1.47 bits per heavy atom. The lowest BCUT2D eigenvalue weighted by Crippen LogP contribution is -2.61. The predicted molar refractivity (Wildman–Crippen MR) is 304 cm³/mol. The van der Waals surface area contributed by atoms with E-state index in [-0.39, 0.29) is 106 Å². The van der Waals surface area contributed by atoms with Gasteiger partial charge in [0.2, 0.25) is 53.2 Å². The summed E-state index contributed by atoms with van der Waals surface area (Å²) in [6.07, 6.45) is 3.33. The van der Waals surface area contributed by atoms with E-state index in [0.717, 1.165) is 0 Å². The molecule has 29 heteroatoms. The molecule has 3 aromatic rings. The van der Waals surface area contributed by atoms with Crippen LogP contribution in [0.3, 0.4) is 0 Å². The number of H-pyrrole nitrogens is 1. The number of carboxylic acid groups (broad SMARTS) is 1. The molecule has 7 rings (SSSR count). The average Bonchev–Trinajstić information content (AvgIpc) is 4.40. The topological polar surface area (TPSA) is 462 Å². The van der Waals surface area contributed by atoms with Crippen LogP contribution in [0.25, 0.3) is 16.7 Å². The first kappa shape index (κ1) is 63.4. The summed E-state index contributed by atoms with van der Waals surface area (Å²) in [5.74, 6) is -9.89. The number of nitrogens with zero attached hydrogens (tertiary/aromatic N) is 4. The smallest absolute Gasteiger partial charge is 0.326 e. The van der Waals surface area contributed by atoms with Crippen molar-refractivity contribution in [2.45, 2.75) is 160 Å². The van der Waals surface area contributed by atoms with Crippen LogP contribution >= 0.6 is 0 Å². The van der Waals surface area contributed by atoms with Gasteiger partial charge < -0.3 is 80.9 Å². The van der Waals surface area contributed by atoms with E-state index in [9.17, 15) is 48.3 Å². The van der Waals surface area contributed by atoms with Crippen LogP contribution in [-0.2, 0) is 60.8 Å². The number of carbonyl (C=O) groups is 10. The molecule has 1 fully saturated rings. The number of carbonyl (C=O) groups excluding carboxylic acids is 9. The first-order valence-corrected chi connectivity index (χ1v) is 28.0. The number of fused-ring (bicyclic) bond motifs is 13. The molecule has 0 spiro atoms. The number of hydrogen-bond donors (Lipinski definition) is 15. The third-order valence-electron chi connectivity index (χ3n) is 15.0. The van der Waals surface area contributed by atoms with Gasteiger partial charge in [-0.05, 0) is 67.9 Å². The summed E-state index contributed by atoms with van der Waals surface area (Å²) in [7, 11) is 0. The lowest BCUT2D eigenvalue weighted by atomic mass is 9.81. The Kier molecular flexibility index (Phi) is 22.0. The van der Waals surface area contributed by atoms with Gasteiger partial charge in [0.15, 0.2) is 11.9 Å². The van der Waals surface area contributed by atoms with Gasteiger partial charge in [0.05, 0.1) is 12.2 Å². The number of amides is 9. The van der Waals surface area contributed by atoms with Gasteiger partial charge in [0.25, 0.3) is 0 Å². The van der Waals surface area contributed by atoms with Gasteiger partial charge in [-0.25, -0.2) is 9.78 Å². The standard InChI is InChI=1S/C54H80N18O11/c1-7-27(6)42-50(80)69-38-21-31-30-13-12-28(41(26(4)5)43(71-46(76)33-14-15-39(73)63-33)51(81)68-36(18-25(2)3)49(79)70-42)19-35(30)65-44(31)72-23-29(62-24-72)20-37(47(77)67-34(52(82)83)11-9-17-60-54(57)58)64-40(74)22-61-45(75)32(66-48(38)78)10-8-16-59-53(55)56/h12-13,19,23-27,32-34,36-38,41-43,65H,7-11,14-18,20-22H2,1-6H3,(H,61,75)(H,63,73)(H,64,74)(H,66,78)(H,67,77)(H,68,81)(H,69,80)(H,70,79)(H,71,76)(H,82,83)(H4,55,56,59)(H4,57,58,60)/t27-,32-,33-,34-,36-,37-,38-,41+,42-,43-/m0/s1. The highest BCUT2D eigenvalue weighted by atomic mass is 16.4. The lowest BCUT2D eigenvalue weighted by molar-refractivity contribution is -0.142. The highest BCUT2D eigenvalue weighted by molar-refractivity contribution is 6.00. The molecule has 9 amide bonds. The maximum atomic E-state index is 15.1. The molecule has 0 aliphatic carbocycles. The molecule has 6 heterocycles. The predicted octanol–water partition coefficient (Wildman–Crippen LogP) is -2.72. The van der Waals surface area contributed by atoms with Crippen LogP contribution in [0, 0.1) is 17.8 Å². The van der Waals surface area contributed by atoms with Gasteiger partial charge in [-0.3, -0.25) is 57.7 Å². The number of guanidine groups is 2. The monoisotopic (exact) mass is 1160 g/mol. The Hall–Kier alpha value is -8.79. The largest absolute Gasteiger partial charge is 0.480 e. The van der Waals surface area contributed by atoms with Gasteiger partial charge in [0.1, 0.15) is 60.5 Å². The van der Waals surface area contributed by atoms with Crippen molar-refractivity contribution in [2.24, 2.45) is 50.7 Å². The van der Waals surface area contributed by atoms with Gasteiger partial charge in [0, 0.05) is 60.9 Å². The van der Waals surface area contributed by atoms with E-state index in [4.69, 9.17) is 22.9 Å². The minimum atomic E-state index is -1.49. The Bertz CT molecular complexity index is 2960. The summed E-state index contributed by atoms with van der Waals surface area (Å²) in [6, 6.07) is -5.22. The van der Waals surface area contributed by atoms with Crippen molar-refractivity contribution in [2.75, 3.05) is 19.6 Å². The van der Waals surface area contributed by atoms with E-state index < -0.39 is 120 Å². The number of aliphatic imine (C=N–C) groups is 2. The number of hydrogen-bond acceptors (Lipinski definition) is 13. The number of nitrogens with two attached hydrogens (primary N) is 4. The van der Waals surface area contributed by atoms with E-state index in [1.54, 1.807) is 35.9 Å². The summed E-state index contributed by atoms with van der Waals surface area (Å²) in [5.41, 5.74) is 23.7. The second kappa shape index (κ2) is 28.8. The molecule has 1 aromatic carbocycles. The van der Waals surface area contributed by atoms with Crippen molar-refractivity contribution in [1.82, 2.24) is 62.4 Å². The second-order valence-electron chi connectivity index (χ2n) is 22.2. The molecule has 1 saturated heterocycles. The zero-order valence-corrected chi connectivity index (χ0v) is 47.6. The maximum Gasteiger partial charge on any atom is 0.326 e.